The van der Waals surface area contributed by atoms with Crippen LogP contribution in [0.3, 0.4) is 0 Å². The highest BCUT2D eigenvalue weighted by Gasteiger charge is 2.35. The van der Waals surface area contributed by atoms with E-state index >= 15 is 0 Å². The van der Waals surface area contributed by atoms with E-state index in [2.05, 4.69) is 15.2 Å². The minimum absolute atomic E-state index is 0.0243. The molecule has 0 saturated carbocycles. The first-order valence-corrected chi connectivity index (χ1v) is 8.55. The first-order chi connectivity index (χ1) is 13.3. The summed E-state index contributed by atoms with van der Waals surface area (Å²) in [5.74, 6) is -0.608. The molecule has 0 fully saturated rings. The second kappa shape index (κ2) is 6.43. The second-order valence-electron chi connectivity index (χ2n) is 6.26. The maximum absolute atomic E-state index is 14.2. The number of rotatable bonds is 3. The van der Waals surface area contributed by atoms with Crippen molar-refractivity contribution >= 4 is 11.0 Å². The number of benzene rings is 1. The fraction of sp³-hybridized carbons (Fsp3) is 0.211. The number of fused-ring (bicyclic) bond motifs is 1. The van der Waals surface area contributed by atoms with Crippen LogP contribution in [0.4, 0.5) is 17.6 Å². The monoisotopic (exact) mass is 389 g/mol. The maximum Gasteiger partial charge on any atom is 0.417 e. The predicted molar refractivity (Wildman–Crippen MR) is 95.5 cm³/mol. The zero-order valence-electron chi connectivity index (χ0n) is 15.0. The van der Waals surface area contributed by atoms with E-state index in [4.69, 9.17) is 0 Å². The quantitative estimate of drug-likeness (QED) is 0.474. The van der Waals surface area contributed by atoms with Gasteiger partial charge in [0, 0.05) is 17.8 Å². The Bertz CT molecular complexity index is 1170. The van der Waals surface area contributed by atoms with Gasteiger partial charge in [0.25, 0.3) is 0 Å². The number of alkyl halides is 3. The lowest BCUT2D eigenvalue weighted by atomic mass is 10.1. The molecular weight excluding hydrogens is 374 g/mol. The van der Waals surface area contributed by atoms with Gasteiger partial charge >= 0.3 is 6.18 Å². The second-order valence-corrected chi connectivity index (χ2v) is 6.26. The van der Waals surface area contributed by atoms with Crippen molar-refractivity contribution in [1.82, 2.24) is 24.5 Å². The molecule has 0 aliphatic heterocycles. The Morgan fingerprint density at radius 3 is 2.46 bits per heavy atom. The molecular formula is C19H15F4N5. The smallest absolute Gasteiger partial charge is 0.269 e. The summed E-state index contributed by atoms with van der Waals surface area (Å²) in [5, 5.41) is 7.96. The molecule has 4 rings (SSSR count). The zero-order chi connectivity index (χ0) is 20.1. The molecule has 28 heavy (non-hydrogen) atoms. The number of hydrogen-bond acceptors (Lipinski definition) is 3. The van der Waals surface area contributed by atoms with E-state index in [1.54, 1.807) is 17.7 Å². The average Bonchev–Trinajstić information content (AvgIpc) is 3.23. The van der Waals surface area contributed by atoms with Gasteiger partial charge in [-0.05, 0) is 32.0 Å². The molecule has 0 unspecified atom stereocenters. The van der Waals surface area contributed by atoms with Crippen LogP contribution in [-0.4, -0.2) is 24.5 Å². The fourth-order valence-corrected chi connectivity index (χ4v) is 3.19. The van der Waals surface area contributed by atoms with Gasteiger partial charge in [0.1, 0.15) is 11.5 Å². The molecule has 0 amide bonds. The van der Waals surface area contributed by atoms with E-state index in [0.717, 1.165) is 16.9 Å². The number of nitrogens with zero attached hydrogens (tertiary/aromatic N) is 5. The van der Waals surface area contributed by atoms with Gasteiger partial charge in [-0.2, -0.15) is 23.4 Å². The van der Waals surface area contributed by atoms with Gasteiger partial charge in [-0.25, -0.2) is 14.1 Å². The summed E-state index contributed by atoms with van der Waals surface area (Å²) in [6.45, 7) is 4.22. The van der Waals surface area contributed by atoms with Crippen molar-refractivity contribution in [3.05, 3.63) is 59.8 Å². The topological polar surface area (TPSA) is 48.5 Å². The van der Waals surface area contributed by atoms with Crippen LogP contribution in [0, 0.1) is 12.7 Å². The average molecular weight is 389 g/mol. The summed E-state index contributed by atoms with van der Waals surface area (Å²) in [6.07, 6.45) is -2.08. The van der Waals surface area contributed by atoms with Crippen LogP contribution >= 0.6 is 0 Å². The molecule has 9 heteroatoms. The summed E-state index contributed by atoms with van der Waals surface area (Å²) in [5.41, 5.74) is 0.360. The molecule has 1 aromatic carbocycles. The van der Waals surface area contributed by atoms with Gasteiger partial charge < -0.3 is 0 Å². The van der Waals surface area contributed by atoms with E-state index in [1.165, 1.54) is 24.4 Å². The van der Waals surface area contributed by atoms with E-state index in [1.807, 2.05) is 6.92 Å². The molecule has 0 saturated heterocycles. The van der Waals surface area contributed by atoms with Gasteiger partial charge in [0.2, 0.25) is 0 Å². The van der Waals surface area contributed by atoms with Crippen LogP contribution in [0.15, 0.2) is 42.7 Å². The largest absolute Gasteiger partial charge is 0.417 e. The fourth-order valence-electron chi connectivity index (χ4n) is 3.19. The Balaban J connectivity index is 2.04. The normalized spacial score (nSPS) is 12.1. The summed E-state index contributed by atoms with van der Waals surface area (Å²) in [6, 6.07) is 6.71. The van der Waals surface area contributed by atoms with Crippen molar-refractivity contribution in [3.8, 4) is 16.9 Å². The lowest BCUT2D eigenvalue weighted by molar-refractivity contribution is -0.136. The highest BCUT2D eigenvalue weighted by molar-refractivity contribution is 5.84. The number of para-hydroxylation sites is 1. The molecule has 0 atom stereocenters. The van der Waals surface area contributed by atoms with Crippen molar-refractivity contribution in [2.75, 3.05) is 0 Å². The Morgan fingerprint density at radius 1 is 1.07 bits per heavy atom. The van der Waals surface area contributed by atoms with Crippen LogP contribution in [0.1, 0.15) is 18.2 Å². The van der Waals surface area contributed by atoms with Crippen molar-refractivity contribution in [2.45, 2.75) is 26.6 Å². The molecule has 5 nitrogen and oxygen atoms in total. The van der Waals surface area contributed by atoms with Gasteiger partial charge in [-0.3, -0.25) is 4.68 Å². The number of hydrogen-bond donors (Lipinski definition) is 0. The SMILES string of the molecule is CCn1ncc(-c2cc(C(F)(F)F)c3cnn(-c4ccccc4F)c3n2)c1C. The zero-order valence-corrected chi connectivity index (χ0v) is 15.0. The molecule has 144 valence electrons. The molecule has 3 aromatic heterocycles. The lowest BCUT2D eigenvalue weighted by Crippen LogP contribution is -2.08. The lowest BCUT2D eigenvalue weighted by Gasteiger charge is -2.11. The third kappa shape index (κ3) is 2.83. The standard InChI is InChI=1S/C19H15F4N5/c1-3-27-11(2)12(9-24-27)16-8-14(19(21,22)23)13-10-25-28(18(13)26-16)17-7-5-4-6-15(17)20/h4-10H,3H2,1-2H3. The third-order valence-corrected chi connectivity index (χ3v) is 4.61. The summed E-state index contributed by atoms with van der Waals surface area (Å²) < 4.78 is 58.1. The maximum atomic E-state index is 14.2. The highest BCUT2D eigenvalue weighted by atomic mass is 19.4. The molecule has 4 aromatic rings. The van der Waals surface area contributed by atoms with Crippen molar-refractivity contribution in [2.24, 2.45) is 0 Å². The minimum atomic E-state index is -4.62. The van der Waals surface area contributed by atoms with Gasteiger partial charge in [0.15, 0.2) is 5.65 Å². The van der Waals surface area contributed by atoms with E-state index in [0.29, 0.717) is 17.8 Å². The van der Waals surface area contributed by atoms with Gasteiger partial charge in [-0.1, -0.05) is 12.1 Å². The Kier molecular flexibility index (Phi) is 4.17. The van der Waals surface area contributed by atoms with Crippen LogP contribution in [-0.2, 0) is 12.7 Å². The highest BCUT2D eigenvalue weighted by Crippen LogP contribution is 2.37. The Hall–Kier alpha value is -3.23. The number of pyridine rings is 1. The summed E-state index contributed by atoms with van der Waals surface area (Å²) in [7, 11) is 0. The third-order valence-electron chi connectivity index (χ3n) is 4.61. The number of aromatic nitrogens is 5. The molecule has 0 aliphatic rings. The molecule has 0 N–H and O–H groups in total. The van der Waals surface area contributed by atoms with Crippen molar-refractivity contribution < 1.29 is 17.6 Å². The summed E-state index contributed by atoms with van der Waals surface area (Å²) in [4.78, 5) is 4.39. The first kappa shape index (κ1) is 18.1. The Morgan fingerprint density at radius 2 is 1.82 bits per heavy atom. The van der Waals surface area contributed by atoms with Crippen LogP contribution < -0.4 is 0 Å². The minimum Gasteiger partial charge on any atom is -0.269 e. The Labute approximate surface area is 157 Å². The summed E-state index contributed by atoms with van der Waals surface area (Å²) >= 11 is 0. The number of aryl methyl sites for hydroxylation is 1. The van der Waals surface area contributed by atoms with Crippen LogP contribution in [0.25, 0.3) is 28.0 Å². The molecule has 0 aliphatic carbocycles. The van der Waals surface area contributed by atoms with Crippen LogP contribution in [0.2, 0.25) is 0 Å². The van der Waals surface area contributed by atoms with Gasteiger partial charge in [0.05, 0.1) is 29.0 Å². The van der Waals surface area contributed by atoms with Crippen molar-refractivity contribution in [3.63, 3.8) is 0 Å². The number of halogens is 4. The molecule has 3 heterocycles. The van der Waals surface area contributed by atoms with Gasteiger partial charge in [-0.15, -0.1) is 0 Å². The van der Waals surface area contributed by atoms with E-state index in [-0.39, 0.29) is 22.4 Å². The predicted octanol–water partition coefficient (Wildman–Crippen LogP) is 4.77. The van der Waals surface area contributed by atoms with E-state index < -0.39 is 17.6 Å². The molecule has 0 bridgehead atoms. The molecule has 0 radical (unpaired) electrons. The van der Waals surface area contributed by atoms with Crippen molar-refractivity contribution in [1.29, 1.82) is 0 Å². The van der Waals surface area contributed by atoms with Crippen LogP contribution in [0.5, 0.6) is 0 Å². The molecule has 0 spiro atoms. The van der Waals surface area contributed by atoms with E-state index in [9.17, 15) is 17.6 Å². The first-order valence-electron chi connectivity index (χ1n) is 8.55.